The summed E-state index contributed by atoms with van der Waals surface area (Å²) in [6, 6.07) is 3.83. The number of halogens is 1. The first-order valence-corrected chi connectivity index (χ1v) is 7.40. The van der Waals surface area contributed by atoms with Crippen LogP contribution in [0.3, 0.4) is 0 Å². The van der Waals surface area contributed by atoms with Crippen LogP contribution in [0.4, 0.5) is 0 Å². The second-order valence-electron chi connectivity index (χ2n) is 5.13. The maximum absolute atomic E-state index is 12.3. The standard InChI is InChI=1S/C14H19BrN2O2/c1-17(12-5-2-10(9-18)3-6-12)14(19)13-7-4-11(15)8-16-13/h4,7-8,10,12,18H,2-3,5-6,9H2,1H3. The van der Waals surface area contributed by atoms with Gasteiger partial charge in [0.25, 0.3) is 5.91 Å². The minimum Gasteiger partial charge on any atom is -0.396 e. The molecule has 0 unspecified atom stereocenters. The molecule has 1 aliphatic rings. The van der Waals surface area contributed by atoms with Crippen LogP contribution < -0.4 is 0 Å². The van der Waals surface area contributed by atoms with Gasteiger partial charge < -0.3 is 10.0 Å². The summed E-state index contributed by atoms with van der Waals surface area (Å²) in [5, 5.41) is 9.13. The van der Waals surface area contributed by atoms with Crippen LogP contribution in [0.5, 0.6) is 0 Å². The van der Waals surface area contributed by atoms with E-state index < -0.39 is 0 Å². The summed E-state index contributed by atoms with van der Waals surface area (Å²) in [4.78, 5) is 18.2. The number of aromatic nitrogens is 1. The monoisotopic (exact) mass is 326 g/mol. The average Bonchev–Trinajstić information content (AvgIpc) is 2.46. The van der Waals surface area contributed by atoms with Crippen molar-refractivity contribution in [2.45, 2.75) is 31.7 Å². The number of aliphatic hydroxyl groups is 1. The highest BCUT2D eigenvalue weighted by Gasteiger charge is 2.27. The molecule has 0 aromatic carbocycles. The summed E-state index contributed by atoms with van der Waals surface area (Å²) in [5.41, 5.74) is 0.481. The van der Waals surface area contributed by atoms with E-state index in [1.54, 1.807) is 17.2 Å². The molecule has 5 heteroatoms. The lowest BCUT2D eigenvalue weighted by molar-refractivity contribution is 0.0647. The minimum absolute atomic E-state index is 0.0278. The zero-order chi connectivity index (χ0) is 13.8. The van der Waals surface area contributed by atoms with Crippen molar-refractivity contribution in [3.63, 3.8) is 0 Å². The smallest absolute Gasteiger partial charge is 0.272 e. The molecule has 0 aliphatic heterocycles. The van der Waals surface area contributed by atoms with Gasteiger partial charge in [-0.15, -0.1) is 0 Å². The molecule has 0 bridgehead atoms. The molecule has 1 aromatic heterocycles. The topological polar surface area (TPSA) is 53.4 Å². The maximum Gasteiger partial charge on any atom is 0.272 e. The van der Waals surface area contributed by atoms with E-state index in [1.165, 1.54) is 0 Å². The summed E-state index contributed by atoms with van der Waals surface area (Å²) in [7, 11) is 1.84. The van der Waals surface area contributed by atoms with Crippen molar-refractivity contribution in [2.75, 3.05) is 13.7 Å². The number of carbonyl (C=O) groups excluding carboxylic acids is 1. The van der Waals surface area contributed by atoms with Gasteiger partial charge in [-0.2, -0.15) is 0 Å². The lowest BCUT2D eigenvalue weighted by Crippen LogP contribution is -2.40. The van der Waals surface area contributed by atoms with E-state index in [-0.39, 0.29) is 18.6 Å². The first kappa shape index (κ1) is 14.5. The van der Waals surface area contributed by atoms with E-state index in [4.69, 9.17) is 5.11 Å². The van der Waals surface area contributed by atoms with Crippen molar-refractivity contribution >= 4 is 21.8 Å². The highest BCUT2D eigenvalue weighted by Crippen LogP contribution is 2.27. The second kappa shape index (κ2) is 6.48. The van der Waals surface area contributed by atoms with Crippen LogP contribution in [0.15, 0.2) is 22.8 Å². The number of nitrogens with zero attached hydrogens (tertiary/aromatic N) is 2. The fourth-order valence-electron chi connectivity index (χ4n) is 2.56. The van der Waals surface area contributed by atoms with Crippen LogP contribution >= 0.6 is 15.9 Å². The second-order valence-corrected chi connectivity index (χ2v) is 6.05. The van der Waals surface area contributed by atoms with Crippen molar-refractivity contribution < 1.29 is 9.90 Å². The predicted molar refractivity (Wildman–Crippen MR) is 76.9 cm³/mol. The Bertz CT molecular complexity index is 428. The van der Waals surface area contributed by atoms with Crippen LogP contribution in [-0.2, 0) is 0 Å². The van der Waals surface area contributed by atoms with Crippen LogP contribution in [-0.4, -0.2) is 40.6 Å². The van der Waals surface area contributed by atoms with Gasteiger partial charge in [0.05, 0.1) is 0 Å². The van der Waals surface area contributed by atoms with Gasteiger partial charge in [0.15, 0.2) is 0 Å². The Hall–Kier alpha value is -0.940. The molecule has 1 aliphatic carbocycles. The summed E-state index contributed by atoms with van der Waals surface area (Å²) >= 11 is 3.31. The normalized spacial score (nSPS) is 23.1. The third-order valence-corrected chi connectivity index (χ3v) is 4.36. The van der Waals surface area contributed by atoms with Crippen molar-refractivity contribution in [2.24, 2.45) is 5.92 Å². The molecule has 2 rings (SSSR count). The Kier molecular flexibility index (Phi) is 4.93. The highest BCUT2D eigenvalue weighted by molar-refractivity contribution is 9.10. The zero-order valence-corrected chi connectivity index (χ0v) is 12.6. The largest absolute Gasteiger partial charge is 0.396 e. The first-order valence-electron chi connectivity index (χ1n) is 6.61. The van der Waals surface area contributed by atoms with Gasteiger partial charge >= 0.3 is 0 Å². The van der Waals surface area contributed by atoms with Crippen molar-refractivity contribution in [1.29, 1.82) is 0 Å². The summed E-state index contributed by atoms with van der Waals surface area (Å²) in [5.74, 6) is 0.380. The van der Waals surface area contributed by atoms with Crippen molar-refractivity contribution in [3.8, 4) is 0 Å². The lowest BCUT2D eigenvalue weighted by atomic mass is 9.86. The summed E-state index contributed by atoms with van der Waals surface area (Å²) < 4.78 is 0.871. The average molecular weight is 327 g/mol. The van der Waals surface area contributed by atoms with Gasteiger partial charge in [-0.25, -0.2) is 4.98 Å². The molecule has 1 amide bonds. The van der Waals surface area contributed by atoms with E-state index in [0.29, 0.717) is 11.6 Å². The van der Waals surface area contributed by atoms with Crippen molar-refractivity contribution in [3.05, 3.63) is 28.5 Å². The molecule has 0 atom stereocenters. The van der Waals surface area contributed by atoms with Gasteiger partial charge in [-0.3, -0.25) is 4.79 Å². The third-order valence-electron chi connectivity index (χ3n) is 3.89. The SMILES string of the molecule is CN(C(=O)c1ccc(Br)cn1)C1CCC(CO)CC1. The fourth-order valence-corrected chi connectivity index (χ4v) is 2.80. The summed E-state index contributed by atoms with van der Waals surface area (Å²) in [6.45, 7) is 0.263. The van der Waals surface area contributed by atoms with Crippen molar-refractivity contribution in [1.82, 2.24) is 9.88 Å². The van der Waals surface area contributed by atoms with Gasteiger partial charge in [0.1, 0.15) is 5.69 Å². The molecule has 0 saturated heterocycles. The molecule has 1 fully saturated rings. The van der Waals surface area contributed by atoms with Gasteiger partial charge in [-0.1, -0.05) is 0 Å². The van der Waals surface area contributed by atoms with E-state index in [9.17, 15) is 4.79 Å². The molecule has 1 N–H and O–H groups in total. The van der Waals surface area contributed by atoms with E-state index in [1.807, 2.05) is 13.1 Å². The Morgan fingerprint density at radius 2 is 2.11 bits per heavy atom. The van der Waals surface area contributed by atoms with E-state index in [2.05, 4.69) is 20.9 Å². The Balaban J connectivity index is 1.98. The highest BCUT2D eigenvalue weighted by atomic mass is 79.9. The molecule has 1 saturated carbocycles. The lowest BCUT2D eigenvalue weighted by Gasteiger charge is -2.34. The summed E-state index contributed by atoms with van der Waals surface area (Å²) in [6.07, 6.45) is 5.55. The van der Waals surface area contributed by atoms with Crippen LogP contribution in [0.25, 0.3) is 0 Å². The Morgan fingerprint density at radius 3 is 2.63 bits per heavy atom. The van der Waals surface area contributed by atoms with Gasteiger partial charge in [0, 0.05) is 30.4 Å². The number of pyridine rings is 1. The van der Waals surface area contributed by atoms with E-state index in [0.717, 1.165) is 30.2 Å². The zero-order valence-electron chi connectivity index (χ0n) is 11.1. The third kappa shape index (κ3) is 3.54. The number of hydrogen-bond acceptors (Lipinski definition) is 3. The first-order chi connectivity index (χ1) is 9.11. The number of carbonyl (C=O) groups is 1. The molecule has 4 nitrogen and oxygen atoms in total. The molecule has 1 heterocycles. The molecular weight excluding hydrogens is 308 g/mol. The number of amides is 1. The molecule has 0 spiro atoms. The predicted octanol–water partition coefficient (Wildman–Crippen LogP) is 2.47. The van der Waals surface area contributed by atoms with E-state index >= 15 is 0 Å². The maximum atomic E-state index is 12.3. The molecule has 19 heavy (non-hydrogen) atoms. The quantitative estimate of drug-likeness (QED) is 0.928. The number of hydrogen-bond donors (Lipinski definition) is 1. The van der Waals surface area contributed by atoms with Crippen LogP contribution in [0.1, 0.15) is 36.2 Å². The fraction of sp³-hybridized carbons (Fsp3) is 0.571. The molecule has 1 aromatic rings. The molecule has 0 radical (unpaired) electrons. The minimum atomic E-state index is -0.0278. The Morgan fingerprint density at radius 1 is 1.42 bits per heavy atom. The van der Waals surface area contributed by atoms with Crippen LogP contribution in [0.2, 0.25) is 0 Å². The van der Waals surface area contributed by atoms with Gasteiger partial charge in [0.2, 0.25) is 0 Å². The molecular formula is C14H19BrN2O2. The molecule has 104 valence electrons. The van der Waals surface area contributed by atoms with Crippen LogP contribution in [0, 0.1) is 5.92 Å². The number of rotatable bonds is 3. The Labute approximate surface area is 122 Å². The number of aliphatic hydroxyl groups excluding tert-OH is 1. The van der Waals surface area contributed by atoms with Gasteiger partial charge in [-0.05, 0) is 59.7 Å².